The number of ether oxygens (including phenoxy) is 1. The highest BCUT2D eigenvalue weighted by Crippen LogP contribution is 2.49. The Morgan fingerprint density at radius 3 is 2.59 bits per heavy atom. The quantitative estimate of drug-likeness (QED) is 0.743. The maximum atomic E-state index is 13.5. The highest BCUT2D eigenvalue weighted by Gasteiger charge is 2.54. The van der Waals surface area contributed by atoms with Crippen LogP contribution >= 0.6 is 0 Å². The molecule has 2 atom stereocenters. The molecule has 29 heavy (non-hydrogen) atoms. The molecule has 0 bridgehead atoms. The largest absolute Gasteiger partial charge is 0.467 e. The Morgan fingerprint density at radius 1 is 1.24 bits per heavy atom. The predicted octanol–water partition coefficient (Wildman–Crippen LogP) is 3.41. The summed E-state index contributed by atoms with van der Waals surface area (Å²) in [6.45, 7) is 4.39. The Bertz CT molecular complexity index is 770. The Balaban J connectivity index is 2.07. The Labute approximate surface area is 173 Å². The van der Waals surface area contributed by atoms with Gasteiger partial charge in [-0.2, -0.15) is 0 Å². The van der Waals surface area contributed by atoms with Gasteiger partial charge < -0.3 is 15.0 Å². The van der Waals surface area contributed by atoms with Crippen LogP contribution in [-0.2, 0) is 14.3 Å². The van der Waals surface area contributed by atoms with Gasteiger partial charge in [-0.05, 0) is 37.8 Å². The van der Waals surface area contributed by atoms with E-state index in [9.17, 15) is 14.4 Å². The molecule has 1 spiro atoms. The normalized spacial score (nSPS) is 21.4. The van der Waals surface area contributed by atoms with Gasteiger partial charge in [-0.3, -0.25) is 9.59 Å². The minimum Gasteiger partial charge on any atom is -0.467 e. The number of fused-ring (bicyclic) bond motifs is 1. The van der Waals surface area contributed by atoms with Crippen molar-refractivity contribution in [3.63, 3.8) is 0 Å². The first-order valence-electron chi connectivity index (χ1n) is 10.8. The molecule has 1 saturated carbocycles. The minimum absolute atomic E-state index is 0.0287. The summed E-state index contributed by atoms with van der Waals surface area (Å²) in [7, 11) is 1.31. The van der Waals surface area contributed by atoms with Crippen LogP contribution in [0.5, 0.6) is 0 Å². The Hall–Kier alpha value is -2.37. The number of hydrogen-bond acceptors (Lipinski definition) is 4. The van der Waals surface area contributed by atoms with Crippen LogP contribution in [0.1, 0.15) is 80.6 Å². The fourth-order valence-electron chi connectivity index (χ4n) is 5.02. The SMILES string of the molecule is CCCCN1C(=O)c2ccccc2C(C(=O)NC(C)C(=O)OC)C12CCCCC2. The highest BCUT2D eigenvalue weighted by atomic mass is 16.5. The number of hydrogen-bond donors (Lipinski definition) is 1. The van der Waals surface area contributed by atoms with Crippen LogP contribution in [0.25, 0.3) is 0 Å². The van der Waals surface area contributed by atoms with Gasteiger partial charge in [0.1, 0.15) is 6.04 Å². The molecule has 158 valence electrons. The van der Waals surface area contributed by atoms with E-state index in [4.69, 9.17) is 4.74 Å². The number of carbonyl (C=O) groups is 3. The molecule has 6 nitrogen and oxygen atoms in total. The van der Waals surface area contributed by atoms with Crippen LogP contribution in [0.15, 0.2) is 24.3 Å². The molecule has 1 aromatic rings. The fraction of sp³-hybridized carbons (Fsp3) is 0.609. The highest BCUT2D eigenvalue weighted by molar-refractivity contribution is 6.02. The van der Waals surface area contributed by atoms with Crippen LogP contribution in [0, 0.1) is 0 Å². The number of nitrogens with zero attached hydrogens (tertiary/aromatic N) is 1. The fourth-order valence-corrected chi connectivity index (χ4v) is 5.02. The van der Waals surface area contributed by atoms with Gasteiger partial charge in [-0.25, -0.2) is 4.79 Å². The van der Waals surface area contributed by atoms with Crippen molar-refractivity contribution in [2.24, 2.45) is 0 Å². The van der Waals surface area contributed by atoms with Crippen molar-refractivity contribution >= 4 is 17.8 Å². The van der Waals surface area contributed by atoms with Crippen molar-refractivity contribution in [2.45, 2.75) is 76.3 Å². The number of nitrogens with one attached hydrogen (secondary N) is 1. The number of unbranched alkanes of at least 4 members (excludes halogenated alkanes) is 1. The van der Waals surface area contributed by atoms with E-state index in [-0.39, 0.29) is 11.8 Å². The van der Waals surface area contributed by atoms with E-state index >= 15 is 0 Å². The molecule has 2 amide bonds. The molecular formula is C23H32N2O4. The van der Waals surface area contributed by atoms with Crippen molar-refractivity contribution in [1.82, 2.24) is 10.2 Å². The molecule has 0 saturated heterocycles. The number of methoxy groups -OCH3 is 1. The van der Waals surface area contributed by atoms with Gasteiger partial charge in [0.25, 0.3) is 5.91 Å². The summed E-state index contributed by atoms with van der Waals surface area (Å²) in [4.78, 5) is 40.9. The number of rotatable bonds is 6. The smallest absolute Gasteiger partial charge is 0.328 e. The molecule has 1 aromatic carbocycles. The second-order valence-electron chi connectivity index (χ2n) is 8.25. The van der Waals surface area contributed by atoms with Gasteiger partial charge in [0.2, 0.25) is 5.91 Å². The first-order valence-corrected chi connectivity index (χ1v) is 10.8. The second-order valence-corrected chi connectivity index (χ2v) is 8.25. The number of carbonyl (C=O) groups excluding carboxylic acids is 3. The summed E-state index contributed by atoms with van der Waals surface area (Å²) < 4.78 is 4.78. The van der Waals surface area contributed by atoms with Crippen LogP contribution in [0.4, 0.5) is 0 Å². The van der Waals surface area contributed by atoms with Crippen LogP contribution < -0.4 is 5.32 Å². The molecule has 1 N–H and O–H groups in total. The van der Waals surface area contributed by atoms with Crippen LogP contribution in [0.2, 0.25) is 0 Å². The van der Waals surface area contributed by atoms with Gasteiger partial charge in [-0.15, -0.1) is 0 Å². The summed E-state index contributed by atoms with van der Waals surface area (Å²) in [6.07, 6.45) is 6.61. The van der Waals surface area contributed by atoms with Crippen LogP contribution in [-0.4, -0.2) is 47.9 Å². The van der Waals surface area contributed by atoms with E-state index < -0.39 is 23.5 Å². The molecule has 1 fully saturated rings. The molecule has 6 heteroatoms. The van der Waals surface area contributed by atoms with Crippen molar-refractivity contribution in [3.8, 4) is 0 Å². The van der Waals surface area contributed by atoms with Gasteiger partial charge in [0, 0.05) is 12.1 Å². The van der Waals surface area contributed by atoms with Gasteiger partial charge >= 0.3 is 5.97 Å². The molecule has 2 aliphatic rings. The lowest BCUT2D eigenvalue weighted by Gasteiger charge is -2.54. The molecule has 0 aromatic heterocycles. The summed E-state index contributed by atoms with van der Waals surface area (Å²) in [6, 6.07) is 6.71. The van der Waals surface area contributed by atoms with Crippen molar-refractivity contribution < 1.29 is 19.1 Å². The first-order chi connectivity index (χ1) is 14.0. The monoisotopic (exact) mass is 400 g/mol. The van der Waals surface area contributed by atoms with Gasteiger partial charge in [0.05, 0.1) is 18.6 Å². The third-order valence-electron chi connectivity index (χ3n) is 6.45. The molecule has 1 heterocycles. The summed E-state index contributed by atoms with van der Waals surface area (Å²) in [5, 5.41) is 2.85. The minimum atomic E-state index is -0.734. The van der Waals surface area contributed by atoms with Crippen molar-refractivity contribution in [2.75, 3.05) is 13.7 Å². The molecule has 1 aliphatic heterocycles. The molecule has 1 aliphatic carbocycles. The Kier molecular flexibility index (Phi) is 6.60. The zero-order valence-corrected chi connectivity index (χ0v) is 17.7. The lowest BCUT2D eigenvalue weighted by Crippen LogP contribution is -2.63. The third kappa shape index (κ3) is 3.89. The summed E-state index contributed by atoms with van der Waals surface area (Å²) >= 11 is 0. The van der Waals surface area contributed by atoms with E-state index in [0.29, 0.717) is 12.1 Å². The number of amides is 2. The zero-order chi connectivity index (χ0) is 21.0. The second kappa shape index (κ2) is 8.97. The summed E-state index contributed by atoms with van der Waals surface area (Å²) in [5.41, 5.74) is 0.853. The average Bonchev–Trinajstić information content (AvgIpc) is 2.73. The first kappa shape index (κ1) is 21.3. The standard InChI is InChI=1S/C23H32N2O4/c1-4-5-15-25-21(27)18-12-8-7-11-17(18)19(23(25)13-9-6-10-14-23)20(26)24-16(2)22(28)29-3/h7-8,11-12,16,19H,4-6,9-10,13-15H2,1-3H3,(H,24,26). The number of esters is 1. The summed E-state index contributed by atoms with van der Waals surface area (Å²) in [5.74, 6) is -1.13. The third-order valence-corrected chi connectivity index (χ3v) is 6.45. The average molecular weight is 401 g/mol. The van der Waals surface area contributed by atoms with E-state index in [1.807, 2.05) is 29.2 Å². The van der Waals surface area contributed by atoms with E-state index in [0.717, 1.165) is 50.5 Å². The van der Waals surface area contributed by atoms with E-state index in [1.165, 1.54) is 7.11 Å². The lowest BCUT2D eigenvalue weighted by atomic mass is 9.65. The van der Waals surface area contributed by atoms with E-state index in [2.05, 4.69) is 12.2 Å². The van der Waals surface area contributed by atoms with Crippen LogP contribution in [0.3, 0.4) is 0 Å². The molecule has 2 unspecified atom stereocenters. The lowest BCUT2D eigenvalue weighted by molar-refractivity contribution is -0.145. The molecule has 3 rings (SSSR count). The maximum absolute atomic E-state index is 13.5. The Morgan fingerprint density at radius 2 is 1.93 bits per heavy atom. The molecule has 0 radical (unpaired) electrons. The molecular weight excluding hydrogens is 368 g/mol. The zero-order valence-electron chi connectivity index (χ0n) is 17.7. The van der Waals surface area contributed by atoms with E-state index in [1.54, 1.807) is 6.92 Å². The number of benzene rings is 1. The predicted molar refractivity (Wildman–Crippen MR) is 111 cm³/mol. The topological polar surface area (TPSA) is 75.7 Å². The van der Waals surface area contributed by atoms with Crippen molar-refractivity contribution in [3.05, 3.63) is 35.4 Å². The maximum Gasteiger partial charge on any atom is 0.328 e. The van der Waals surface area contributed by atoms with Crippen molar-refractivity contribution in [1.29, 1.82) is 0 Å². The van der Waals surface area contributed by atoms with Gasteiger partial charge in [0.15, 0.2) is 0 Å². The van der Waals surface area contributed by atoms with Gasteiger partial charge in [-0.1, -0.05) is 50.8 Å².